The largest absolute Gasteiger partial charge is 0.434 e. The first-order valence-corrected chi connectivity index (χ1v) is 12.4. The van der Waals surface area contributed by atoms with Crippen molar-refractivity contribution >= 4 is 17.7 Å². The molecule has 0 aliphatic carbocycles. The van der Waals surface area contributed by atoms with Crippen LogP contribution in [0.5, 0.6) is 5.75 Å². The van der Waals surface area contributed by atoms with Crippen molar-refractivity contribution < 1.29 is 27.9 Å². The maximum Gasteiger partial charge on any atom is 0.387 e. The van der Waals surface area contributed by atoms with Gasteiger partial charge < -0.3 is 19.4 Å². The Morgan fingerprint density at radius 3 is 2.22 bits per heavy atom. The van der Waals surface area contributed by atoms with Crippen LogP contribution in [0.2, 0.25) is 0 Å². The molecule has 4 rings (SSSR count). The van der Waals surface area contributed by atoms with Crippen molar-refractivity contribution in [2.75, 3.05) is 39.3 Å². The first kappa shape index (κ1) is 25.6. The van der Waals surface area contributed by atoms with E-state index in [1.54, 1.807) is 20.8 Å². The number of benzene rings is 2. The Morgan fingerprint density at radius 2 is 1.56 bits per heavy atom. The minimum absolute atomic E-state index is 0.0380. The number of carbonyl (C=O) groups is 3. The molecule has 2 fully saturated rings. The zero-order valence-electron chi connectivity index (χ0n) is 20.4. The molecule has 1 unspecified atom stereocenters. The molecule has 7 nitrogen and oxygen atoms in total. The van der Waals surface area contributed by atoms with Crippen LogP contribution in [0, 0.1) is 5.92 Å². The van der Waals surface area contributed by atoms with Gasteiger partial charge in [-0.2, -0.15) is 8.78 Å². The molecular weight excluding hydrogens is 468 g/mol. The maximum absolute atomic E-state index is 13.2. The molecule has 0 radical (unpaired) electrons. The summed E-state index contributed by atoms with van der Waals surface area (Å²) in [5.41, 5.74) is 1.88. The normalized spacial score (nSPS) is 18.3. The quantitative estimate of drug-likeness (QED) is 0.608. The van der Waals surface area contributed by atoms with Gasteiger partial charge in [-0.3, -0.25) is 14.4 Å². The molecule has 2 aromatic rings. The Labute approximate surface area is 209 Å². The van der Waals surface area contributed by atoms with Gasteiger partial charge in [-0.1, -0.05) is 31.2 Å². The smallest absolute Gasteiger partial charge is 0.387 e. The summed E-state index contributed by atoms with van der Waals surface area (Å²) in [4.78, 5) is 44.2. The van der Waals surface area contributed by atoms with Gasteiger partial charge in [0.25, 0.3) is 11.8 Å². The second-order valence-corrected chi connectivity index (χ2v) is 9.13. The Bertz CT molecular complexity index is 1080. The Balaban J connectivity index is 1.34. The van der Waals surface area contributed by atoms with E-state index < -0.39 is 12.5 Å². The number of hydrogen-bond donors (Lipinski definition) is 0. The Morgan fingerprint density at radius 1 is 0.889 bits per heavy atom. The van der Waals surface area contributed by atoms with Gasteiger partial charge in [-0.25, -0.2) is 0 Å². The summed E-state index contributed by atoms with van der Waals surface area (Å²) in [5.74, 6) is -1.04. The second kappa shape index (κ2) is 11.5. The van der Waals surface area contributed by atoms with Crippen LogP contribution in [-0.2, 0) is 11.2 Å². The highest BCUT2D eigenvalue weighted by atomic mass is 19.3. The van der Waals surface area contributed by atoms with Crippen LogP contribution in [0.4, 0.5) is 8.78 Å². The third-order valence-electron chi connectivity index (χ3n) is 6.88. The van der Waals surface area contributed by atoms with E-state index in [2.05, 4.69) is 11.7 Å². The van der Waals surface area contributed by atoms with Gasteiger partial charge in [0.15, 0.2) is 0 Å². The summed E-state index contributed by atoms with van der Waals surface area (Å²) in [6, 6.07) is 13.5. The van der Waals surface area contributed by atoms with Crippen molar-refractivity contribution in [2.24, 2.45) is 5.92 Å². The van der Waals surface area contributed by atoms with E-state index in [1.165, 1.54) is 23.8 Å². The number of halogens is 2. The first-order chi connectivity index (χ1) is 17.4. The molecule has 192 valence electrons. The molecule has 0 N–H and O–H groups in total. The molecule has 0 bridgehead atoms. The fourth-order valence-corrected chi connectivity index (χ4v) is 4.83. The number of carbonyl (C=O) groups excluding carboxylic acids is 3. The lowest BCUT2D eigenvalue weighted by molar-refractivity contribution is -0.138. The molecule has 0 saturated carbocycles. The van der Waals surface area contributed by atoms with Crippen molar-refractivity contribution in [3.05, 3.63) is 65.2 Å². The van der Waals surface area contributed by atoms with Crippen molar-refractivity contribution in [1.82, 2.24) is 14.7 Å². The third kappa shape index (κ3) is 5.83. The van der Waals surface area contributed by atoms with Crippen LogP contribution in [0.15, 0.2) is 48.5 Å². The van der Waals surface area contributed by atoms with E-state index >= 15 is 0 Å². The van der Waals surface area contributed by atoms with Gasteiger partial charge in [0, 0.05) is 44.8 Å². The molecule has 2 aromatic carbocycles. The van der Waals surface area contributed by atoms with Crippen LogP contribution in [-0.4, -0.2) is 78.3 Å². The summed E-state index contributed by atoms with van der Waals surface area (Å²) >= 11 is 0. The van der Waals surface area contributed by atoms with Gasteiger partial charge in [0.05, 0.1) is 11.5 Å². The number of ether oxygens (including phenoxy) is 1. The van der Waals surface area contributed by atoms with E-state index in [1.807, 2.05) is 24.3 Å². The van der Waals surface area contributed by atoms with Gasteiger partial charge in [0.1, 0.15) is 5.75 Å². The van der Waals surface area contributed by atoms with Crippen LogP contribution < -0.4 is 4.74 Å². The van der Waals surface area contributed by atoms with E-state index in [-0.39, 0.29) is 35.6 Å². The number of rotatable bonds is 6. The highest BCUT2D eigenvalue weighted by Gasteiger charge is 2.34. The molecule has 0 aromatic heterocycles. The maximum atomic E-state index is 13.2. The Hall–Kier alpha value is -3.49. The van der Waals surface area contributed by atoms with E-state index in [9.17, 15) is 23.2 Å². The van der Waals surface area contributed by atoms with Gasteiger partial charge in [-0.15, -0.1) is 0 Å². The van der Waals surface area contributed by atoms with Crippen molar-refractivity contribution in [2.45, 2.75) is 32.8 Å². The lowest BCUT2D eigenvalue weighted by Crippen LogP contribution is -2.54. The molecule has 9 heteroatoms. The minimum Gasteiger partial charge on any atom is -0.434 e. The minimum atomic E-state index is -3.03. The van der Waals surface area contributed by atoms with Crippen LogP contribution in [0.3, 0.4) is 0 Å². The van der Waals surface area contributed by atoms with Crippen molar-refractivity contribution in [3.63, 3.8) is 0 Å². The fraction of sp³-hybridized carbons (Fsp3) is 0.444. The van der Waals surface area contributed by atoms with E-state index in [0.29, 0.717) is 51.1 Å². The van der Waals surface area contributed by atoms with Gasteiger partial charge in [-0.05, 0) is 49.1 Å². The summed E-state index contributed by atoms with van der Waals surface area (Å²) in [7, 11) is 0. The molecular formula is C27H31F2N3O4. The SMILES string of the molecule is CCc1ccc(C(=O)N2CCN(C(=O)C3CCCN(C(=O)c4ccccc4OC(F)F)C3)CC2)cc1. The number of para-hydroxylation sites is 1. The molecule has 2 aliphatic rings. The van der Waals surface area contributed by atoms with Gasteiger partial charge >= 0.3 is 6.61 Å². The van der Waals surface area contributed by atoms with Crippen LogP contribution in [0.25, 0.3) is 0 Å². The molecule has 2 saturated heterocycles. The summed E-state index contributed by atoms with van der Waals surface area (Å²) in [6.07, 6.45) is 2.21. The zero-order valence-corrected chi connectivity index (χ0v) is 20.4. The number of nitrogens with zero attached hydrogens (tertiary/aromatic N) is 3. The monoisotopic (exact) mass is 499 g/mol. The zero-order chi connectivity index (χ0) is 25.7. The average molecular weight is 500 g/mol. The number of aryl methyl sites for hydroxylation is 1. The molecule has 3 amide bonds. The fourth-order valence-electron chi connectivity index (χ4n) is 4.83. The predicted molar refractivity (Wildman–Crippen MR) is 130 cm³/mol. The van der Waals surface area contributed by atoms with E-state index in [0.717, 1.165) is 6.42 Å². The number of piperazine rings is 1. The summed E-state index contributed by atoms with van der Waals surface area (Å²) in [5, 5.41) is 0. The number of alkyl halides is 2. The standard InChI is InChI=1S/C27H31F2N3O4/c1-2-19-9-11-20(12-10-19)24(33)30-14-16-31(17-15-30)25(34)21-6-5-13-32(18-21)26(35)22-7-3-4-8-23(22)36-27(28)29/h3-4,7-12,21,27H,2,5-6,13-18H2,1H3. The Kier molecular flexibility index (Phi) is 8.18. The van der Waals surface area contributed by atoms with Gasteiger partial charge in [0.2, 0.25) is 5.91 Å². The first-order valence-electron chi connectivity index (χ1n) is 12.4. The molecule has 0 spiro atoms. The lowest BCUT2D eigenvalue weighted by Gasteiger charge is -2.39. The third-order valence-corrected chi connectivity index (χ3v) is 6.88. The molecule has 2 aliphatic heterocycles. The highest BCUT2D eigenvalue weighted by Crippen LogP contribution is 2.26. The molecule has 36 heavy (non-hydrogen) atoms. The second-order valence-electron chi connectivity index (χ2n) is 9.13. The lowest BCUT2D eigenvalue weighted by atomic mass is 9.95. The van der Waals surface area contributed by atoms with Crippen molar-refractivity contribution in [1.29, 1.82) is 0 Å². The summed E-state index contributed by atoms with van der Waals surface area (Å²) < 4.78 is 30.0. The highest BCUT2D eigenvalue weighted by molar-refractivity contribution is 5.97. The van der Waals surface area contributed by atoms with Crippen molar-refractivity contribution in [3.8, 4) is 5.75 Å². The predicted octanol–water partition coefficient (Wildman–Crippen LogP) is 3.69. The average Bonchev–Trinajstić information content (AvgIpc) is 2.92. The number of piperidine rings is 1. The van der Waals surface area contributed by atoms with E-state index in [4.69, 9.17) is 0 Å². The van der Waals surface area contributed by atoms with Crippen LogP contribution in [0.1, 0.15) is 46.0 Å². The molecule has 1 atom stereocenters. The summed E-state index contributed by atoms with van der Waals surface area (Å²) in [6.45, 7) is 1.49. The number of hydrogen-bond acceptors (Lipinski definition) is 4. The topological polar surface area (TPSA) is 70.2 Å². The number of likely N-dealkylation sites (tertiary alicyclic amines) is 1. The number of amides is 3. The molecule has 2 heterocycles. The van der Waals surface area contributed by atoms with Crippen LogP contribution >= 0.6 is 0 Å².